The zero-order valence-corrected chi connectivity index (χ0v) is 12.7. The third-order valence-corrected chi connectivity index (χ3v) is 4.93. The molecule has 0 fully saturated rings. The predicted octanol–water partition coefficient (Wildman–Crippen LogP) is 4.24. The van der Waals surface area contributed by atoms with Crippen LogP contribution in [-0.4, -0.2) is 16.1 Å². The number of aromatic nitrogens is 1. The highest BCUT2D eigenvalue weighted by atomic mass is 35.5. The van der Waals surface area contributed by atoms with E-state index in [0.29, 0.717) is 11.4 Å². The number of carboxylic acids is 1. The lowest BCUT2D eigenvalue weighted by Gasteiger charge is -2.27. The van der Waals surface area contributed by atoms with E-state index in [4.69, 9.17) is 11.6 Å². The van der Waals surface area contributed by atoms with Crippen LogP contribution in [-0.2, 0) is 11.2 Å². The van der Waals surface area contributed by atoms with Crippen LogP contribution in [0.15, 0.2) is 18.2 Å². The predicted molar refractivity (Wildman–Crippen MR) is 78.9 cm³/mol. The van der Waals surface area contributed by atoms with Crippen LogP contribution in [0.25, 0.3) is 10.2 Å². The summed E-state index contributed by atoms with van der Waals surface area (Å²) in [6.45, 7) is 5.63. The molecule has 1 unspecified atom stereocenters. The summed E-state index contributed by atoms with van der Waals surface area (Å²) < 4.78 is 0.999. The van der Waals surface area contributed by atoms with E-state index in [1.165, 1.54) is 11.3 Å². The van der Waals surface area contributed by atoms with Crippen molar-refractivity contribution in [3.8, 4) is 0 Å². The molecule has 5 heteroatoms. The normalized spacial score (nSPS) is 14.8. The van der Waals surface area contributed by atoms with Gasteiger partial charge in [0.05, 0.1) is 20.6 Å². The molecule has 0 spiro atoms. The Morgan fingerprint density at radius 3 is 2.79 bits per heavy atom. The fourth-order valence-electron chi connectivity index (χ4n) is 1.86. The summed E-state index contributed by atoms with van der Waals surface area (Å²) in [6, 6.07) is 5.53. The fourth-order valence-corrected chi connectivity index (χ4v) is 3.27. The maximum atomic E-state index is 11.5. The van der Waals surface area contributed by atoms with Gasteiger partial charge in [0.1, 0.15) is 0 Å². The summed E-state index contributed by atoms with van der Waals surface area (Å²) in [5.74, 6) is -0.736. The van der Waals surface area contributed by atoms with E-state index in [2.05, 4.69) is 4.98 Å². The largest absolute Gasteiger partial charge is 0.481 e. The van der Waals surface area contributed by atoms with Crippen LogP contribution in [0.2, 0.25) is 5.02 Å². The zero-order valence-electron chi connectivity index (χ0n) is 11.1. The molecule has 102 valence electrons. The Bertz CT molecular complexity index is 623. The molecule has 0 bridgehead atoms. The Morgan fingerprint density at radius 2 is 2.21 bits per heavy atom. The number of benzene rings is 1. The van der Waals surface area contributed by atoms with Crippen LogP contribution in [0.1, 0.15) is 25.8 Å². The maximum Gasteiger partial charge on any atom is 0.310 e. The number of carbonyl (C=O) groups is 1. The minimum Gasteiger partial charge on any atom is -0.481 e. The van der Waals surface area contributed by atoms with Crippen molar-refractivity contribution in [2.45, 2.75) is 27.2 Å². The second-order valence-electron chi connectivity index (χ2n) is 5.27. The van der Waals surface area contributed by atoms with Gasteiger partial charge in [-0.3, -0.25) is 4.79 Å². The van der Waals surface area contributed by atoms with E-state index >= 15 is 0 Å². The molecule has 1 heterocycles. The number of rotatable bonds is 4. The molecule has 1 N–H and O–H groups in total. The highest BCUT2D eigenvalue weighted by Gasteiger charge is 2.37. The molecule has 1 atom stereocenters. The molecule has 19 heavy (non-hydrogen) atoms. The van der Waals surface area contributed by atoms with Crippen LogP contribution in [0, 0.1) is 11.3 Å². The lowest BCUT2D eigenvalue weighted by Crippen LogP contribution is -2.35. The second-order valence-corrected chi connectivity index (χ2v) is 6.83. The number of hydrogen-bond donors (Lipinski definition) is 1. The van der Waals surface area contributed by atoms with Crippen LogP contribution in [0.3, 0.4) is 0 Å². The smallest absolute Gasteiger partial charge is 0.310 e. The van der Waals surface area contributed by atoms with Crippen molar-refractivity contribution >= 4 is 39.1 Å². The molecule has 2 aromatic rings. The number of thiazole rings is 1. The van der Waals surface area contributed by atoms with Crippen molar-refractivity contribution in [3.63, 3.8) is 0 Å². The van der Waals surface area contributed by atoms with Gasteiger partial charge in [0, 0.05) is 11.4 Å². The van der Waals surface area contributed by atoms with Crippen LogP contribution >= 0.6 is 22.9 Å². The van der Waals surface area contributed by atoms with Crippen molar-refractivity contribution < 1.29 is 9.90 Å². The topological polar surface area (TPSA) is 50.2 Å². The molecule has 2 rings (SSSR count). The standard InChI is InChI=1S/C14H16ClNO2S/c1-8(2)14(3,13(17)18)7-12-16-10-5-4-9(15)6-11(10)19-12/h4-6,8H,7H2,1-3H3,(H,17,18). The minimum absolute atomic E-state index is 0.0422. The van der Waals surface area contributed by atoms with Gasteiger partial charge in [-0.15, -0.1) is 11.3 Å². The molecule has 0 aliphatic carbocycles. The molecule has 1 aromatic carbocycles. The van der Waals surface area contributed by atoms with Crippen molar-refractivity contribution in [1.29, 1.82) is 0 Å². The van der Waals surface area contributed by atoms with Crippen LogP contribution in [0.4, 0.5) is 0 Å². The number of carboxylic acid groups (broad SMARTS) is 1. The molecule has 0 aliphatic heterocycles. The molecule has 1 aromatic heterocycles. The molecule has 0 amide bonds. The van der Waals surface area contributed by atoms with Gasteiger partial charge in [-0.2, -0.15) is 0 Å². The van der Waals surface area contributed by atoms with Gasteiger partial charge in [0.15, 0.2) is 0 Å². The van der Waals surface area contributed by atoms with Gasteiger partial charge in [-0.05, 0) is 31.0 Å². The Labute approximate surface area is 121 Å². The van der Waals surface area contributed by atoms with E-state index in [1.54, 1.807) is 13.0 Å². The van der Waals surface area contributed by atoms with Crippen molar-refractivity contribution in [2.24, 2.45) is 11.3 Å². The molecule has 3 nitrogen and oxygen atoms in total. The SMILES string of the molecule is CC(C)C(C)(Cc1nc2ccc(Cl)cc2s1)C(=O)O. The highest BCUT2D eigenvalue weighted by molar-refractivity contribution is 7.18. The first-order chi connectivity index (χ1) is 8.83. The quantitative estimate of drug-likeness (QED) is 0.918. The first-order valence-corrected chi connectivity index (χ1v) is 7.31. The number of hydrogen-bond acceptors (Lipinski definition) is 3. The lowest BCUT2D eigenvalue weighted by molar-refractivity contribution is -0.150. The monoisotopic (exact) mass is 297 g/mol. The van der Waals surface area contributed by atoms with E-state index in [1.807, 2.05) is 26.0 Å². The summed E-state index contributed by atoms with van der Waals surface area (Å²) in [7, 11) is 0. The molecular formula is C14H16ClNO2S. The lowest BCUT2D eigenvalue weighted by atomic mass is 9.76. The van der Waals surface area contributed by atoms with Gasteiger partial charge in [0.2, 0.25) is 0 Å². The molecule has 0 saturated heterocycles. The highest BCUT2D eigenvalue weighted by Crippen LogP contribution is 2.35. The number of halogens is 1. The molecular weight excluding hydrogens is 282 g/mol. The van der Waals surface area contributed by atoms with Crippen LogP contribution < -0.4 is 0 Å². The Kier molecular flexibility index (Phi) is 3.83. The molecule has 0 aliphatic rings. The molecule has 0 saturated carbocycles. The second kappa shape index (κ2) is 5.10. The Hall–Kier alpha value is -1.13. The van der Waals surface area contributed by atoms with E-state index in [9.17, 15) is 9.90 Å². The summed E-state index contributed by atoms with van der Waals surface area (Å²) in [5, 5.41) is 11.0. The maximum absolute atomic E-state index is 11.5. The molecule has 0 radical (unpaired) electrons. The van der Waals surface area contributed by atoms with E-state index in [-0.39, 0.29) is 5.92 Å². The van der Waals surface area contributed by atoms with Crippen molar-refractivity contribution in [2.75, 3.05) is 0 Å². The Balaban J connectivity index is 2.37. The first-order valence-electron chi connectivity index (χ1n) is 6.11. The fraction of sp³-hybridized carbons (Fsp3) is 0.429. The number of aliphatic carboxylic acids is 1. The summed E-state index contributed by atoms with van der Waals surface area (Å²) in [4.78, 5) is 16.0. The van der Waals surface area contributed by atoms with Gasteiger partial charge >= 0.3 is 5.97 Å². The average Bonchev–Trinajstić information content (AvgIpc) is 2.69. The van der Waals surface area contributed by atoms with E-state index in [0.717, 1.165) is 15.2 Å². The third-order valence-electron chi connectivity index (χ3n) is 3.68. The van der Waals surface area contributed by atoms with Crippen molar-refractivity contribution in [3.05, 3.63) is 28.2 Å². The van der Waals surface area contributed by atoms with Gasteiger partial charge in [-0.25, -0.2) is 4.98 Å². The zero-order chi connectivity index (χ0) is 14.2. The average molecular weight is 298 g/mol. The summed E-state index contributed by atoms with van der Waals surface area (Å²) in [6.07, 6.45) is 0.441. The summed E-state index contributed by atoms with van der Waals surface area (Å²) >= 11 is 7.46. The number of nitrogens with zero attached hydrogens (tertiary/aromatic N) is 1. The van der Waals surface area contributed by atoms with E-state index < -0.39 is 11.4 Å². The van der Waals surface area contributed by atoms with Gasteiger partial charge in [-0.1, -0.05) is 25.4 Å². The Morgan fingerprint density at radius 1 is 1.53 bits per heavy atom. The van der Waals surface area contributed by atoms with Crippen molar-refractivity contribution in [1.82, 2.24) is 4.98 Å². The third kappa shape index (κ3) is 2.74. The van der Waals surface area contributed by atoms with Crippen LogP contribution in [0.5, 0.6) is 0 Å². The van der Waals surface area contributed by atoms with Gasteiger partial charge in [0.25, 0.3) is 0 Å². The number of fused-ring (bicyclic) bond motifs is 1. The minimum atomic E-state index is -0.794. The first kappa shape index (κ1) is 14.3. The summed E-state index contributed by atoms with van der Waals surface area (Å²) in [5.41, 5.74) is 0.0819. The van der Waals surface area contributed by atoms with Gasteiger partial charge < -0.3 is 5.11 Å².